The molecule has 22 heavy (non-hydrogen) atoms. The normalized spacial score (nSPS) is 10.3. The van der Waals surface area contributed by atoms with Gasteiger partial charge in [0, 0.05) is 12.4 Å². The SMILES string of the molecule is CNC(=O)C[NH2+]Cc1csc(-c2cccc(OC)c2OC)n1. The Morgan fingerprint density at radius 3 is 2.86 bits per heavy atom. The van der Waals surface area contributed by atoms with Gasteiger partial charge in [-0.3, -0.25) is 4.79 Å². The van der Waals surface area contributed by atoms with Crippen molar-refractivity contribution >= 4 is 17.2 Å². The van der Waals surface area contributed by atoms with Gasteiger partial charge in [0.1, 0.15) is 17.2 Å². The zero-order chi connectivity index (χ0) is 15.9. The summed E-state index contributed by atoms with van der Waals surface area (Å²) in [4.78, 5) is 15.8. The van der Waals surface area contributed by atoms with Crippen LogP contribution < -0.4 is 20.1 Å². The second-order valence-corrected chi connectivity index (χ2v) is 5.41. The number of hydrogen-bond acceptors (Lipinski definition) is 5. The lowest BCUT2D eigenvalue weighted by Crippen LogP contribution is -2.85. The Balaban J connectivity index is 2.13. The van der Waals surface area contributed by atoms with Crippen molar-refractivity contribution in [2.75, 3.05) is 27.8 Å². The number of para-hydroxylation sites is 1. The molecule has 1 aromatic heterocycles. The van der Waals surface area contributed by atoms with Crippen LogP contribution in [0.15, 0.2) is 23.6 Å². The fourth-order valence-electron chi connectivity index (χ4n) is 2.03. The number of likely N-dealkylation sites (N-methyl/N-ethyl adjacent to an activating group) is 1. The van der Waals surface area contributed by atoms with Crippen LogP contribution in [0.25, 0.3) is 10.6 Å². The topological polar surface area (TPSA) is 77.1 Å². The highest BCUT2D eigenvalue weighted by Crippen LogP contribution is 2.38. The first-order valence-electron chi connectivity index (χ1n) is 6.87. The summed E-state index contributed by atoms with van der Waals surface area (Å²) in [5, 5.41) is 7.38. The highest BCUT2D eigenvalue weighted by atomic mass is 32.1. The van der Waals surface area contributed by atoms with Gasteiger partial charge in [0.2, 0.25) is 0 Å². The second-order valence-electron chi connectivity index (χ2n) is 4.56. The third-order valence-electron chi connectivity index (χ3n) is 3.15. The minimum Gasteiger partial charge on any atom is -0.493 e. The molecule has 0 aliphatic rings. The maximum atomic E-state index is 11.2. The zero-order valence-corrected chi connectivity index (χ0v) is 13.7. The Morgan fingerprint density at radius 1 is 1.36 bits per heavy atom. The van der Waals surface area contributed by atoms with E-state index in [1.54, 1.807) is 32.6 Å². The summed E-state index contributed by atoms with van der Waals surface area (Å²) in [6.07, 6.45) is 0. The number of rotatable bonds is 7. The Kier molecular flexibility index (Phi) is 5.74. The number of thiazole rings is 1. The molecule has 0 spiro atoms. The molecule has 0 radical (unpaired) electrons. The molecule has 0 fully saturated rings. The molecule has 0 atom stereocenters. The van der Waals surface area contributed by atoms with E-state index in [2.05, 4.69) is 10.3 Å². The number of ether oxygens (including phenoxy) is 2. The van der Waals surface area contributed by atoms with Crippen LogP contribution in [0.5, 0.6) is 11.5 Å². The van der Waals surface area contributed by atoms with E-state index in [1.807, 2.05) is 28.9 Å². The molecule has 0 bridgehead atoms. The number of carbonyl (C=O) groups excluding carboxylic acids is 1. The van der Waals surface area contributed by atoms with Crippen LogP contribution in [0.4, 0.5) is 0 Å². The molecule has 2 rings (SSSR count). The van der Waals surface area contributed by atoms with Gasteiger partial charge in [0.15, 0.2) is 18.0 Å². The molecule has 1 heterocycles. The molecule has 2 aromatic rings. The fraction of sp³-hybridized carbons (Fsp3) is 0.333. The van der Waals surface area contributed by atoms with Gasteiger partial charge in [-0.2, -0.15) is 0 Å². The first kappa shape index (κ1) is 16.3. The lowest BCUT2D eigenvalue weighted by atomic mass is 10.2. The predicted octanol–water partition coefficient (Wildman–Crippen LogP) is 0.637. The van der Waals surface area contributed by atoms with Gasteiger partial charge in [0.25, 0.3) is 5.91 Å². The van der Waals surface area contributed by atoms with E-state index >= 15 is 0 Å². The van der Waals surface area contributed by atoms with Gasteiger partial charge >= 0.3 is 0 Å². The number of amides is 1. The summed E-state index contributed by atoms with van der Waals surface area (Å²) in [5.74, 6) is 1.37. The molecule has 0 aliphatic heterocycles. The third-order valence-corrected chi connectivity index (χ3v) is 4.07. The molecular formula is C15H20N3O3S+. The number of nitrogens with two attached hydrogens (primary N) is 1. The molecular weight excluding hydrogens is 302 g/mol. The minimum atomic E-state index is 0.00455. The molecule has 3 N–H and O–H groups in total. The van der Waals surface area contributed by atoms with E-state index in [0.717, 1.165) is 16.3 Å². The zero-order valence-electron chi connectivity index (χ0n) is 12.9. The monoisotopic (exact) mass is 322 g/mol. The molecule has 6 nitrogen and oxygen atoms in total. The van der Waals surface area contributed by atoms with Crippen molar-refractivity contribution < 1.29 is 19.6 Å². The van der Waals surface area contributed by atoms with Crippen molar-refractivity contribution in [1.82, 2.24) is 10.3 Å². The molecule has 0 saturated heterocycles. The molecule has 0 aliphatic carbocycles. The number of benzene rings is 1. The van der Waals surface area contributed by atoms with E-state index in [9.17, 15) is 4.79 Å². The lowest BCUT2D eigenvalue weighted by Gasteiger charge is -2.10. The Labute approximate surface area is 133 Å². The summed E-state index contributed by atoms with van der Waals surface area (Å²) in [6, 6.07) is 5.72. The van der Waals surface area contributed by atoms with Crippen LogP contribution in [0.1, 0.15) is 5.69 Å². The fourth-order valence-corrected chi connectivity index (χ4v) is 2.89. The van der Waals surface area contributed by atoms with Crippen LogP contribution in [0.3, 0.4) is 0 Å². The Morgan fingerprint density at radius 2 is 2.18 bits per heavy atom. The smallest absolute Gasteiger partial charge is 0.274 e. The number of nitrogens with zero attached hydrogens (tertiary/aromatic N) is 1. The van der Waals surface area contributed by atoms with Crippen molar-refractivity contribution in [2.45, 2.75) is 6.54 Å². The summed E-state index contributed by atoms with van der Waals surface area (Å²) >= 11 is 1.55. The number of aromatic nitrogens is 1. The largest absolute Gasteiger partial charge is 0.493 e. The van der Waals surface area contributed by atoms with Gasteiger partial charge < -0.3 is 20.1 Å². The molecule has 0 saturated carbocycles. The highest BCUT2D eigenvalue weighted by molar-refractivity contribution is 7.13. The van der Waals surface area contributed by atoms with Crippen molar-refractivity contribution in [1.29, 1.82) is 0 Å². The number of hydrogen-bond donors (Lipinski definition) is 2. The van der Waals surface area contributed by atoms with E-state index in [4.69, 9.17) is 9.47 Å². The molecule has 7 heteroatoms. The number of quaternary nitrogens is 1. The summed E-state index contributed by atoms with van der Waals surface area (Å²) in [6.45, 7) is 1.06. The van der Waals surface area contributed by atoms with Crippen LogP contribution in [-0.4, -0.2) is 38.7 Å². The standard InChI is InChI=1S/C15H19N3O3S/c1-16-13(19)8-17-7-10-9-22-15(18-10)11-5-4-6-12(20-2)14(11)21-3/h4-6,9,17H,7-8H2,1-3H3,(H,16,19)/p+1. The van der Waals surface area contributed by atoms with Crippen molar-refractivity contribution in [2.24, 2.45) is 0 Å². The van der Waals surface area contributed by atoms with Gasteiger partial charge in [0.05, 0.1) is 19.8 Å². The Hall–Kier alpha value is -2.12. The minimum absolute atomic E-state index is 0.00455. The average molecular weight is 322 g/mol. The third kappa shape index (κ3) is 3.75. The molecule has 1 amide bonds. The number of carbonyl (C=O) groups is 1. The predicted molar refractivity (Wildman–Crippen MR) is 85.2 cm³/mol. The van der Waals surface area contributed by atoms with Crippen LogP contribution in [0.2, 0.25) is 0 Å². The van der Waals surface area contributed by atoms with Gasteiger partial charge in [-0.1, -0.05) is 6.07 Å². The number of methoxy groups -OCH3 is 2. The maximum absolute atomic E-state index is 11.2. The van der Waals surface area contributed by atoms with Gasteiger partial charge in [-0.25, -0.2) is 4.98 Å². The summed E-state index contributed by atoms with van der Waals surface area (Å²) < 4.78 is 10.7. The van der Waals surface area contributed by atoms with Crippen LogP contribution in [0, 0.1) is 0 Å². The van der Waals surface area contributed by atoms with Crippen LogP contribution >= 0.6 is 11.3 Å². The van der Waals surface area contributed by atoms with E-state index < -0.39 is 0 Å². The molecule has 118 valence electrons. The lowest BCUT2D eigenvalue weighted by molar-refractivity contribution is -0.660. The Bertz CT molecular complexity index is 643. The highest BCUT2D eigenvalue weighted by Gasteiger charge is 2.15. The molecule has 0 unspecified atom stereocenters. The number of nitrogens with one attached hydrogen (secondary N) is 1. The molecule has 1 aromatic carbocycles. The van der Waals surface area contributed by atoms with Gasteiger partial charge in [-0.15, -0.1) is 11.3 Å². The first-order chi connectivity index (χ1) is 10.7. The quantitative estimate of drug-likeness (QED) is 0.784. The maximum Gasteiger partial charge on any atom is 0.274 e. The second kappa shape index (κ2) is 7.77. The van der Waals surface area contributed by atoms with Crippen molar-refractivity contribution in [3.8, 4) is 22.1 Å². The first-order valence-corrected chi connectivity index (χ1v) is 7.75. The van der Waals surface area contributed by atoms with E-state index in [0.29, 0.717) is 24.6 Å². The van der Waals surface area contributed by atoms with E-state index in [1.165, 1.54) is 0 Å². The average Bonchev–Trinajstić information content (AvgIpc) is 3.02. The van der Waals surface area contributed by atoms with Crippen molar-refractivity contribution in [3.05, 3.63) is 29.3 Å². The summed E-state index contributed by atoms with van der Waals surface area (Å²) in [7, 11) is 4.86. The van der Waals surface area contributed by atoms with Gasteiger partial charge in [-0.05, 0) is 12.1 Å². The van der Waals surface area contributed by atoms with E-state index in [-0.39, 0.29) is 5.91 Å². The van der Waals surface area contributed by atoms with Crippen molar-refractivity contribution in [3.63, 3.8) is 0 Å². The summed E-state index contributed by atoms with van der Waals surface area (Å²) in [5.41, 5.74) is 1.85. The van der Waals surface area contributed by atoms with Crippen LogP contribution in [-0.2, 0) is 11.3 Å².